The Hall–Kier alpha value is -2.08. The summed E-state index contributed by atoms with van der Waals surface area (Å²) in [6.45, 7) is 0.377. The molecule has 130 valence electrons. The zero-order valence-corrected chi connectivity index (χ0v) is 14.0. The van der Waals surface area contributed by atoms with E-state index in [0.717, 1.165) is 6.42 Å². The summed E-state index contributed by atoms with van der Waals surface area (Å²) >= 11 is 5.76. The van der Waals surface area contributed by atoms with Gasteiger partial charge in [0.2, 0.25) is 5.91 Å². The van der Waals surface area contributed by atoms with Crippen molar-refractivity contribution in [1.29, 1.82) is 0 Å². The number of carbonyl (C=O) groups excluding carboxylic acids is 2. The lowest BCUT2D eigenvalue weighted by Crippen LogP contribution is -2.40. The minimum Gasteiger partial charge on any atom is -0.481 e. The monoisotopic (exact) mass is 352 g/mol. The summed E-state index contributed by atoms with van der Waals surface area (Å²) in [5, 5.41) is 15.2. The van der Waals surface area contributed by atoms with Gasteiger partial charge < -0.3 is 15.7 Å². The van der Waals surface area contributed by atoms with Gasteiger partial charge in [-0.25, -0.2) is 0 Å². The van der Waals surface area contributed by atoms with Crippen molar-refractivity contribution in [3.63, 3.8) is 0 Å². The van der Waals surface area contributed by atoms with Crippen LogP contribution in [-0.4, -0.2) is 35.5 Å². The van der Waals surface area contributed by atoms with E-state index in [0.29, 0.717) is 36.4 Å². The highest BCUT2D eigenvalue weighted by molar-refractivity contribution is 6.30. The fourth-order valence-electron chi connectivity index (χ4n) is 2.86. The Balaban J connectivity index is 1.66. The van der Waals surface area contributed by atoms with Gasteiger partial charge in [-0.2, -0.15) is 0 Å². The first-order valence-electron chi connectivity index (χ1n) is 8.03. The minimum atomic E-state index is -0.854. The van der Waals surface area contributed by atoms with Crippen LogP contribution in [0.3, 0.4) is 0 Å². The molecule has 1 aromatic rings. The molecule has 0 saturated heterocycles. The summed E-state index contributed by atoms with van der Waals surface area (Å²) in [4.78, 5) is 34.8. The Bertz CT molecular complexity index is 603. The summed E-state index contributed by atoms with van der Waals surface area (Å²) in [5.74, 6) is -1.73. The van der Waals surface area contributed by atoms with Crippen molar-refractivity contribution >= 4 is 29.4 Å². The van der Waals surface area contributed by atoms with Gasteiger partial charge in [0.05, 0.1) is 5.92 Å². The Morgan fingerprint density at radius 3 is 2.54 bits per heavy atom. The van der Waals surface area contributed by atoms with E-state index >= 15 is 0 Å². The minimum absolute atomic E-state index is 0.172. The summed E-state index contributed by atoms with van der Waals surface area (Å²) in [6, 6.07) is 6.28. The second-order valence-electron chi connectivity index (χ2n) is 5.92. The molecule has 1 aliphatic rings. The van der Waals surface area contributed by atoms with Crippen LogP contribution in [0.5, 0.6) is 0 Å². The number of nitrogens with one attached hydrogen (secondary N) is 2. The number of amides is 2. The van der Waals surface area contributed by atoms with Gasteiger partial charge in [-0.1, -0.05) is 18.0 Å². The van der Waals surface area contributed by atoms with Gasteiger partial charge in [-0.15, -0.1) is 0 Å². The van der Waals surface area contributed by atoms with E-state index in [4.69, 9.17) is 16.7 Å². The van der Waals surface area contributed by atoms with Gasteiger partial charge in [-0.05, 0) is 43.5 Å². The molecule has 0 bridgehead atoms. The SMILES string of the molecule is O=C(CCCNC(=O)c1ccc(Cl)cc1)N[C@H]1CCC[C@H]1C(=O)O. The zero-order valence-electron chi connectivity index (χ0n) is 13.3. The van der Waals surface area contributed by atoms with Gasteiger partial charge >= 0.3 is 5.97 Å². The lowest BCUT2D eigenvalue weighted by Gasteiger charge is -2.17. The Morgan fingerprint density at radius 2 is 1.88 bits per heavy atom. The maximum absolute atomic E-state index is 11.9. The largest absolute Gasteiger partial charge is 0.481 e. The van der Waals surface area contributed by atoms with Crippen molar-refractivity contribution < 1.29 is 19.5 Å². The van der Waals surface area contributed by atoms with Crippen molar-refractivity contribution in [3.05, 3.63) is 34.9 Å². The highest BCUT2D eigenvalue weighted by atomic mass is 35.5. The maximum atomic E-state index is 11.9. The smallest absolute Gasteiger partial charge is 0.308 e. The lowest BCUT2D eigenvalue weighted by atomic mass is 10.0. The number of carboxylic acid groups (broad SMARTS) is 1. The van der Waals surface area contributed by atoms with Crippen LogP contribution in [-0.2, 0) is 9.59 Å². The molecule has 24 heavy (non-hydrogen) atoms. The van der Waals surface area contributed by atoms with E-state index in [2.05, 4.69) is 10.6 Å². The average Bonchev–Trinajstić information content (AvgIpc) is 3.00. The number of benzene rings is 1. The van der Waals surface area contributed by atoms with Crippen LogP contribution in [0.15, 0.2) is 24.3 Å². The molecule has 0 unspecified atom stereocenters. The number of aliphatic carboxylic acids is 1. The molecule has 0 spiro atoms. The third kappa shape index (κ3) is 5.23. The predicted octanol–water partition coefficient (Wildman–Crippen LogP) is 2.22. The molecular formula is C17H21ClN2O4. The van der Waals surface area contributed by atoms with Gasteiger partial charge in [-0.3, -0.25) is 14.4 Å². The van der Waals surface area contributed by atoms with Crippen LogP contribution < -0.4 is 10.6 Å². The Kier molecular flexibility index (Phi) is 6.61. The average molecular weight is 353 g/mol. The van der Waals surface area contributed by atoms with Crippen molar-refractivity contribution in [2.24, 2.45) is 5.92 Å². The van der Waals surface area contributed by atoms with Crippen molar-refractivity contribution in [2.75, 3.05) is 6.54 Å². The molecule has 0 heterocycles. The van der Waals surface area contributed by atoms with E-state index < -0.39 is 11.9 Å². The summed E-state index contributed by atoms with van der Waals surface area (Å²) in [5.41, 5.74) is 0.513. The van der Waals surface area contributed by atoms with E-state index in [1.165, 1.54) is 0 Å². The van der Waals surface area contributed by atoms with Gasteiger partial charge in [0, 0.05) is 29.6 Å². The van der Waals surface area contributed by atoms with E-state index in [-0.39, 0.29) is 24.3 Å². The molecule has 1 fully saturated rings. The van der Waals surface area contributed by atoms with Crippen molar-refractivity contribution in [3.8, 4) is 0 Å². The van der Waals surface area contributed by atoms with Crippen LogP contribution in [0.2, 0.25) is 5.02 Å². The molecular weight excluding hydrogens is 332 g/mol. The molecule has 1 saturated carbocycles. The molecule has 7 heteroatoms. The molecule has 3 N–H and O–H groups in total. The van der Waals surface area contributed by atoms with Gasteiger partial charge in [0.25, 0.3) is 5.91 Å². The van der Waals surface area contributed by atoms with Crippen LogP contribution in [0.1, 0.15) is 42.5 Å². The number of hydrogen-bond acceptors (Lipinski definition) is 3. The summed E-state index contributed by atoms with van der Waals surface area (Å²) in [6.07, 6.45) is 2.88. The summed E-state index contributed by atoms with van der Waals surface area (Å²) in [7, 11) is 0. The molecule has 1 aromatic carbocycles. The number of carboxylic acids is 1. The van der Waals surface area contributed by atoms with Crippen LogP contribution >= 0.6 is 11.6 Å². The summed E-state index contributed by atoms with van der Waals surface area (Å²) < 4.78 is 0. The lowest BCUT2D eigenvalue weighted by molar-refractivity contribution is -0.142. The quantitative estimate of drug-likeness (QED) is 0.656. The van der Waals surface area contributed by atoms with E-state index in [9.17, 15) is 14.4 Å². The Labute approximate surface area is 145 Å². The van der Waals surface area contributed by atoms with Gasteiger partial charge in [0.15, 0.2) is 0 Å². The van der Waals surface area contributed by atoms with Crippen LogP contribution in [0.25, 0.3) is 0 Å². The normalized spacial score (nSPS) is 19.7. The molecule has 1 aliphatic carbocycles. The molecule has 2 amide bonds. The highest BCUT2D eigenvalue weighted by Crippen LogP contribution is 2.25. The standard InChI is InChI=1S/C17H21ClN2O4/c18-12-8-6-11(7-9-12)16(22)19-10-2-5-15(21)20-14-4-1-3-13(14)17(23)24/h6-9,13-14H,1-5,10H2,(H,19,22)(H,20,21)(H,23,24)/t13-,14+/m1/s1. The first-order chi connectivity index (χ1) is 11.5. The van der Waals surface area contributed by atoms with Crippen molar-refractivity contribution in [2.45, 2.75) is 38.1 Å². The topological polar surface area (TPSA) is 95.5 Å². The van der Waals surface area contributed by atoms with Crippen LogP contribution in [0.4, 0.5) is 0 Å². The van der Waals surface area contributed by atoms with Crippen molar-refractivity contribution in [1.82, 2.24) is 10.6 Å². The van der Waals surface area contributed by atoms with Gasteiger partial charge in [0.1, 0.15) is 0 Å². The molecule has 2 rings (SSSR count). The second-order valence-corrected chi connectivity index (χ2v) is 6.35. The zero-order chi connectivity index (χ0) is 17.5. The fourth-order valence-corrected chi connectivity index (χ4v) is 2.99. The predicted molar refractivity (Wildman–Crippen MR) is 89.9 cm³/mol. The molecule has 0 aromatic heterocycles. The third-order valence-electron chi connectivity index (χ3n) is 4.15. The highest BCUT2D eigenvalue weighted by Gasteiger charge is 2.33. The number of rotatable bonds is 7. The molecule has 0 radical (unpaired) electrons. The number of hydrogen-bond donors (Lipinski definition) is 3. The molecule has 0 aliphatic heterocycles. The van der Waals surface area contributed by atoms with Crippen LogP contribution in [0, 0.1) is 5.92 Å². The van der Waals surface area contributed by atoms with E-state index in [1.807, 2.05) is 0 Å². The maximum Gasteiger partial charge on any atom is 0.308 e. The number of carbonyl (C=O) groups is 3. The molecule has 2 atom stereocenters. The van der Waals surface area contributed by atoms with E-state index in [1.54, 1.807) is 24.3 Å². The third-order valence-corrected chi connectivity index (χ3v) is 4.40. The second kappa shape index (κ2) is 8.68. The first kappa shape index (κ1) is 18.3. The first-order valence-corrected chi connectivity index (χ1v) is 8.41. The Morgan fingerprint density at radius 1 is 1.17 bits per heavy atom. The number of halogens is 1. The fraction of sp³-hybridized carbons (Fsp3) is 0.471. The molecule has 6 nitrogen and oxygen atoms in total.